The Bertz CT molecular complexity index is 921. The molecule has 1 aromatic carbocycles. The molecule has 1 aliphatic rings. The van der Waals surface area contributed by atoms with Crippen LogP contribution in [0.3, 0.4) is 0 Å². The average Bonchev–Trinajstić information content (AvgIpc) is 2.76. The third kappa shape index (κ3) is 4.06. The standard InChI is InChI=1S/C20H21N7O/c1-15-3-5-17(6-4-15)25-18(28)16-13-23-20(24-14-16)27-11-9-26(10-12-27)19-21-7-2-8-22-19/h2-8,13-14H,9-12H2,1H3,(H,25,28). The first-order chi connectivity index (χ1) is 13.7. The Kier molecular flexibility index (Phi) is 5.09. The molecule has 0 saturated carbocycles. The summed E-state index contributed by atoms with van der Waals surface area (Å²) in [4.78, 5) is 33.9. The Balaban J connectivity index is 1.36. The molecule has 28 heavy (non-hydrogen) atoms. The molecule has 0 aliphatic carbocycles. The Morgan fingerprint density at radius 1 is 0.857 bits per heavy atom. The Labute approximate surface area is 163 Å². The van der Waals surface area contributed by atoms with Crippen molar-refractivity contribution in [2.75, 3.05) is 41.3 Å². The number of nitrogens with one attached hydrogen (secondary N) is 1. The highest BCUT2D eigenvalue weighted by Crippen LogP contribution is 2.15. The van der Waals surface area contributed by atoms with Gasteiger partial charge in [0.2, 0.25) is 11.9 Å². The van der Waals surface area contributed by atoms with Crippen molar-refractivity contribution >= 4 is 23.5 Å². The number of rotatable bonds is 4. The van der Waals surface area contributed by atoms with Crippen LogP contribution in [0, 0.1) is 6.92 Å². The van der Waals surface area contributed by atoms with E-state index in [1.165, 1.54) is 0 Å². The summed E-state index contributed by atoms with van der Waals surface area (Å²) in [6, 6.07) is 9.46. The summed E-state index contributed by atoms with van der Waals surface area (Å²) in [7, 11) is 0. The molecule has 2 aromatic heterocycles. The van der Waals surface area contributed by atoms with Crippen molar-refractivity contribution in [3.05, 3.63) is 66.2 Å². The molecule has 1 amide bonds. The van der Waals surface area contributed by atoms with E-state index in [0.717, 1.165) is 43.4 Å². The Morgan fingerprint density at radius 3 is 1.96 bits per heavy atom. The van der Waals surface area contributed by atoms with Crippen molar-refractivity contribution in [2.24, 2.45) is 0 Å². The van der Waals surface area contributed by atoms with Gasteiger partial charge >= 0.3 is 0 Å². The molecule has 3 heterocycles. The number of carbonyl (C=O) groups excluding carboxylic acids is 1. The highest BCUT2D eigenvalue weighted by molar-refractivity contribution is 6.03. The normalized spacial score (nSPS) is 14.0. The predicted octanol–water partition coefficient (Wildman–Crippen LogP) is 2.15. The van der Waals surface area contributed by atoms with E-state index in [0.29, 0.717) is 11.5 Å². The topological polar surface area (TPSA) is 87.1 Å². The molecular weight excluding hydrogens is 354 g/mol. The number of hydrogen-bond acceptors (Lipinski definition) is 7. The molecule has 8 heteroatoms. The number of nitrogens with zero attached hydrogens (tertiary/aromatic N) is 6. The van der Waals surface area contributed by atoms with Crippen molar-refractivity contribution in [1.29, 1.82) is 0 Å². The summed E-state index contributed by atoms with van der Waals surface area (Å²) in [6.07, 6.45) is 6.63. The van der Waals surface area contributed by atoms with Crippen molar-refractivity contribution in [3.8, 4) is 0 Å². The minimum atomic E-state index is -0.221. The minimum absolute atomic E-state index is 0.221. The van der Waals surface area contributed by atoms with Crippen molar-refractivity contribution in [1.82, 2.24) is 19.9 Å². The fourth-order valence-corrected chi connectivity index (χ4v) is 3.00. The number of piperazine rings is 1. The molecule has 8 nitrogen and oxygen atoms in total. The zero-order valence-electron chi connectivity index (χ0n) is 15.6. The van der Waals surface area contributed by atoms with Crippen LogP contribution in [-0.4, -0.2) is 52.0 Å². The first-order valence-electron chi connectivity index (χ1n) is 9.16. The molecule has 0 bridgehead atoms. The van der Waals surface area contributed by atoms with Gasteiger partial charge in [-0.1, -0.05) is 17.7 Å². The average molecular weight is 375 g/mol. The van der Waals surface area contributed by atoms with Crippen molar-refractivity contribution in [2.45, 2.75) is 6.92 Å². The van der Waals surface area contributed by atoms with Crippen LogP contribution in [0.15, 0.2) is 55.1 Å². The number of carbonyl (C=O) groups is 1. The van der Waals surface area contributed by atoms with Gasteiger partial charge in [-0.05, 0) is 25.1 Å². The lowest BCUT2D eigenvalue weighted by Crippen LogP contribution is -2.47. The van der Waals surface area contributed by atoms with E-state index in [-0.39, 0.29) is 5.91 Å². The summed E-state index contributed by atoms with van der Waals surface area (Å²) >= 11 is 0. The van der Waals surface area contributed by atoms with Crippen LogP contribution >= 0.6 is 0 Å². The second-order valence-corrected chi connectivity index (χ2v) is 6.61. The van der Waals surface area contributed by atoms with E-state index >= 15 is 0 Å². The lowest BCUT2D eigenvalue weighted by Gasteiger charge is -2.34. The van der Waals surface area contributed by atoms with Gasteiger partial charge in [0.25, 0.3) is 5.91 Å². The van der Waals surface area contributed by atoms with E-state index in [1.54, 1.807) is 24.8 Å². The quantitative estimate of drug-likeness (QED) is 0.748. The van der Waals surface area contributed by atoms with Crippen LogP contribution in [0.2, 0.25) is 0 Å². The summed E-state index contributed by atoms with van der Waals surface area (Å²) in [6.45, 7) is 5.14. The first-order valence-corrected chi connectivity index (χ1v) is 9.16. The molecule has 1 saturated heterocycles. The molecule has 3 aromatic rings. The van der Waals surface area contributed by atoms with E-state index in [2.05, 4.69) is 35.1 Å². The molecular formula is C20H21N7O. The third-order valence-electron chi connectivity index (χ3n) is 4.61. The lowest BCUT2D eigenvalue weighted by atomic mass is 10.2. The Morgan fingerprint density at radius 2 is 1.39 bits per heavy atom. The highest BCUT2D eigenvalue weighted by Gasteiger charge is 2.20. The van der Waals surface area contributed by atoms with Crippen LogP contribution in [0.5, 0.6) is 0 Å². The predicted molar refractivity (Wildman–Crippen MR) is 108 cm³/mol. The maximum atomic E-state index is 12.4. The van der Waals surface area contributed by atoms with Gasteiger partial charge in [0, 0.05) is 56.7 Å². The number of hydrogen-bond donors (Lipinski definition) is 1. The molecule has 142 valence electrons. The van der Waals surface area contributed by atoms with Gasteiger partial charge < -0.3 is 15.1 Å². The maximum absolute atomic E-state index is 12.4. The summed E-state index contributed by atoms with van der Waals surface area (Å²) < 4.78 is 0. The number of benzene rings is 1. The van der Waals surface area contributed by atoms with E-state index in [4.69, 9.17) is 0 Å². The number of aryl methyl sites for hydroxylation is 1. The third-order valence-corrected chi connectivity index (χ3v) is 4.61. The maximum Gasteiger partial charge on any atom is 0.258 e. The van der Waals surface area contributed by atoms with Gasteiger partial charge in [0.15, 0.2) is 0 Å². The zero-order valence-corrected chi connectivity index (χ0v) is 15.6. The van der Waals surface area contributed by atoms with Crippen molar-refractivity contribution in [3.63, 3.8) is 0 Å². The number of anilines is 3. The summed E-state index contributed by atoms with van der Waals surface area (Å²) in [5.74, 6) is 1.15. The van der Waals surface area contributed by atoms with E-state index in [9.17, 15) is 4.79 Å². The minimum Gasteiger partial charge on any atom is -0.337 e. The molecule has 0 atom stereocenters. The van der Waals surface area contributed by atoms with Gasteiger partial charge in [-0.15, -0.1) is 0 Å². The molecule has 0 spiro atoms. The summed E-state index contributed by atoms with van der Waals surface area (Å²) in [5.41, 5.74) is 2.32. The monoisotopic (exact) mass is 375 g/mol. The SMILES string of the molecule is Cc1ccc(NC(=O)c2cnc(N3CCN(c4ncccn4)CC3)nc2)cc1. The molecule has 1 fully saturated rings. The first kappa shape index (κ1) is 17.8. The van der Waals surface area contributed by atoms with Gasteiger partial charge in [-0.2, -0.15) is 0 Å². The molecule has 4 rings (SSSR count). The van der Waals surface area contributed by atoms with Gasteiger partial charge in [0.1, 0.15) is 0 Å². The van der Waals surface area contributed by atoms with Gasteiger partial charge in [0.05, 0.1) is 5.56 Å². The van der Waals surface area contributed by atoms with E-state index < -0.39 is 0 Å². The highest BCUT2D eigenvalue weighted by atomic mass is 16.1. The van der Waals surface area contributed by atoms with Crippen LogP contribution in [-0.2, 0) is 0 Å². The van der Waals surface area contributed by atoms with Crippen LogP contribution in [0.25, 0.3) is 0 Å². The fraction of sp³-hybridized carbons (Fsp3) is 0.250. The second kappa shape index (κ2) is 7.99. The largest absolute Gasteiger partial charge is 0.337 e. The zero-order chi connectivity index (χ0) is 19.3. The second-order valence-electron chi connectivity index (χ2n) is 6.61. The molecule has 0 radical (unpaired) electrons. The van der Waals surface area contributed by atoms with Crippen molar-refractivity contribution < 1.29 is 4.79 Å². The lowest BCUT2D eigenvalue weighted by molar-refractivity contribution is 0.102. The van der Waals surface area contributed by atoms with Gasteiger partial charge in [-0.3, -0.25) is 4.79 Å². The van der Waals surface area contributed by atoms with E-state index in [1.807, 2.05) is 37.3 Å². The smallest absolute Gasteiger partial charge is 0.258 e. The van der Waals surface area contributed by atoms with Crippen LogP contribution in [0.1, 0.15) is 15.9 Å². The van der Waals surface area contributed by atoms with Crippen LogP contribution in [0.4, 0.5) is 17.6 Å². The fourth-order valence-electron chi connectivity index (χ4n) is 3.00. The number of amides is 1. The Hall–Kier alpha value is -3.55. The molecule has 1 N–H and O–H groups in total. The van der Waals surface area contributed by atoms with Gasteiger partial charge in [-0.25, -0.2) is 19.9 Å². The molecule has 0 unspecified atom stereocenters. The summed E-state index contributed by atoms with van der Waals surface area (Å²) in [5, 5.41) is 2.86. The number of aromatic nitrogens is 4. The van der Waals surface area contributed by atoms with Crippen LogP contribution < -0.4 is 15.1 Å². The molecule has 1 aliphatic heterocycles.